The standard InChI is InChI=1S/C13H18N4O/c1-11-10-17(7-8-18-2)13(16-11)15-9-12-3-5-14-6-4-12/h3-6,10H,7-9H2,1-2H3,(H,15,16). The summed E-state index contributed by atoms with van der Waals surface area (Å²) in [6.45, 7) is 4.21. The summed E-state index contributed by atoms with van der Waals surface area (Å²) in [5.74, 6) is 0.876. The summed E-state index contributed by atoms with van der Waals surface area (Å²) in [5, 5.41) is 3.33. The second kappa shape index (κ2) is 6.16. The Morgan fingerprint density at radius 2 is 2.11 bits per heavy atom. The molecule has 0 saturated carbocycles. The van der Waals surface area contributed by atoms with E-state index in [1.54, 1.807) is 19.5 Å². The molecule has 0 atom stereocenters. The van der Waals surface area contributed by atoms with Gasteiger partial charge in [-0.2, -0.15) is 0 Å². The van der Waals surface area contributed by atoms with Crippen LogP contribution in [0.3, 0.4) is 0 Å². The van der Waals surface area contributed by atoms with Gasteiger partial charge >= 0.3 is 0 Å². The van der Waals surface area contributed by atoms with Crippen molar-refractivity contribution in [2.75, 3.05) is 19.0 Å². The predicted molar refractivity (Wildman–Crippen MR) is 70.4 cm³/mol. The highest BCUT2D eigenvalue weighted by Crippen LogP contribution is 2.10. The van der Waals surface area contributed by atoms with Gasteiger partial charge in [-0.05, 0) is 24.6 Å². The number of methoxy groups -OCH3 is 1. The lowest BCUT2D eigenvalue weighted by atomic mass is 10.3. The molecule has 0 radical (unpaired) electrons. The number of ether oxygens (including phenoxy) is 1. The van der Waals surface area contributed by atoms with E-state index < -0.39 is 0 Å². The summed E-state index contributed by atoms with van der Waals surface area (Å²) in [7, 11) is 1.70. The van der Waals surface area contributed by atoms with Gasteiger partial charge in [0.2, 0.25) is 5.95 Å². The van der Waals surface area contributed by atoms with Crippen LogP contribution in [0.15, 0.2) is 30.7 Å². The van der Waals surface area contributed by atoms with Gasteiger partial charge in [0.05, 0.1) is 12.3 Å². The van der Waals surface area contributed by atoms with Crippen LogP contribution in [-0.4, -0.2) is 28.3 Å². The second-order valence-corrected chi connectivity index (χ2v) is 4.10. The van der Waals surface area contributed by atoms with Gasteiger partial charge in [0.25, 0.3) is 0 Å². The molecule has 5 nitrogen and oxygen atoms in total. The predicted octanol–water partition coefficient (Wildman–Crippen LogP) is 1.85. The second-order valence-electron chi connectivity index (χ2n) is 4.10. The zero-order chi connectivity index (χ0) is 12.8. The Morgan fingerprint density at radius 3 is 2.83 bits per heavy atom. The van der Waals surface area contributed by atoms with E-state index in [4.69, 9.17) is 4.74 Å². The lowest BCUT2D eigenvalue weighted by molar-refractivity contribution is 0.187. The summed E-state index contributed by atoms with van der Waals surface area (Å²) in [4.78, 5) is 8.46. The number of rotatable bonds is 6. The molecule has 2 rings (SSSR count). The SMILES string of the molecule is COCCn1cc(C)nc1NCc1ccncc1. The Hall–Kier alpha value is -1.88. The zero-order valence-electron chi connectivity index (χ0n) is 10.8. The molecule has 0 aromatic carbocycles. The number of hydrogen-bond acceptors (Lipinski definition) is 4. The molecule has 2 heterocycles. The number of aromatic nitrogens is 3. The third-order valence-electron chi connectivity index (χ3n) is 2.63. The number of pyridine rings is 1. The number of imidazole rings is 1. The maximum absolute atomic E-state index is 5.09. The zero-order valence-corrected chi connectivity index (χ0v) is 10.8. The Bertz CT molecular complexity index is 481. The molecule has 5 heteroatoms. The van der Waals surface area contributed by atoms with Crippen molar-refractivity contribution in [3.05, 3.63) is 42.0 Å². The van der Waals surface area contributed by atoms with Crippen LogP contribution in [-0.2, 0) is 17.8 Å². The molecule has 0 amide bonds. The van der Waals surface area contributed by atoms with Crippen molar-refractivity contribution >= 4 is 5.95 Å². The number of aryl methyl sites for hydroxylation is 1. The molecule has 0 aliphatic heterocycles. The highest BCUT2D eigenvalue weighted by atomic mass is 16.5. The van der Waals surface area contributed by atoms with E-state index in [-0.39, 0.29) is 0 Å². The molecule has 0 fully saturated rings. The number of anilines is 1. The van der Waals surface area contributed by atoms with Crippen LogP contribution in [0, 0.1) is 6.92 Å². The van der Waals surface area contributed by atoms with E-state index in [1.807, 2.05) is 25.3 Å². The van der Waals surface area contributed by atoms with Crippen molar-refractivity contribution in [2.24, 2.45) is 0 Å². The lowest BCUT2D eigenvalue weighted by Gasteiger charge is -2.09. The maximum Gasteiger partial charge on any atom is 0.203 e. The molecule has 1 N–H and O–H groups in total. The van der Waals surface area contributed by atoms with Crippen molar-refractivity contribution in [3.63, 3.8) is 0 Å². The van der Waals surface area contributed by atoms with Gasteiger partial charge in [-0.1, -0.05) is 0 Å². The van der Waals surface area contributed by atoms with E-state index in [1.165, 1.54) is 5.56 Å². The average Bonchev–Trinajstić information content (AvgIpc) is 2.75. The van der Waals surface area contributed by atoms with Crippen LogP contribution in [0.25, 0.3) is 0 Å². The number of nitrogens with zero attached hydrogens (tertiary/aromatic N) is 3. The van der Waals surface area contributed by atoms with Crippen LogP contribution in [0.5, 0.6) is 0 Å². The molecule has 18 heavy (non-hydrogen) atoms. The average molecular weight is 246 g/mol. The molecule has 96 valence electrons. The van der Waals surface area contributed by atoms with Crippen molar-refractivity contribution in [1.82, 2.24) is 14.5 Å². The first-order valence-electron chi connectivity index (χ1n) is 5.95. The summed E-state index contributed by atoms with van der Waals surface area (Å²) in [6.07, 6.45) is 5.60. The minimum atomic E-state index is 0.680. The van der Waals surface area contributed by atoms with Crippen molar-refractivity contribution in [3.8, 4) is 0 Å². The lowest BCUT2D eigenvalue weighted by Crippen LogP contribution is -2.10. The molecule has 0 spiro atoms. The fraction of sp³-hybridized carbons (Fsp3) is 0.385. The quantitative estimate of drug-likeness (QED) is 0.845. The molecular weight excluding hydrogens is 228 g/mol. The van der Waals surface area contributed by atoms with E-state index in [0.717, 1.165) is 24.7 Å². The van der Waals surface area contributed by atoms with E-state index in [9.17, 15) is 0 Å². The van der Waals surface area contributed by atoms with Crippen LogP contribution in [0.1, 0.15) is 11.3 Å². The van der Waals surface area contributed by atoms with Crippen molar-refractivity contribution < 1.29 is 4.74 Å². The normalized spacial score (nSPS) is 10.6. The van der Waals surface area contributed by atoms with Gasteiger partial charge < -0.3 is 14.6 Å². The third kappa shape index (κ3) is 3.30. The van der Waals surface area contributed by atoms with Crippen LogP contribution < -0.4 is 5.32 Å². The van der Waals surface area contributed by atoms with Gasteiger partial charge in [0, 0.05) is 38.8 Å². The highest BCUT2D eigenvalue weighted by molar-refractivity contribution is 5.30. The largest absolute Gasteiger partial charge is 0.383 e. The van der Waals surface area contributed by atoms with Gasteiger partial charge in [0.15, 0.2) is 0 Å². The smallest absolute Gasteiger partial charge is 0.203 e. The monoisotopic (exact) mass is 246 g/mol. The third-order valence-corrected chi connectivity index (χ3v) is 2.63. The minimum absolute atomic E-state index is 0.680. The molecule has 2 aromatic heterocycles. The van der Waals surface area contributed by atoms with Gasteiger partial charge in [-0.25, -0.2) is 4.98 Å². The summed E-state index contributed by atoms with van der Waals surface area (Å²) >= 11 is 0. The number of hydrogen-bond donors (Lipinski definition) is 1. The Balaban J connectivity index is 2.00. The number of nitrogens with one attached hydrogen (secondary N) is 1. The maximum atomic E-state index is 5.09. The topological polar surface area (TPSA) is 52.0 Å². The summed E-state index contributed by atoms with van der Waals surface area (Å²) in [6, 6.07) is 3.98. The fourth-order valence-corrected chi connectivity index (χ4v) is 1.73. The molecular formula is C13H18N4O. The van der Waals surface area contributed by atoms with Crippen LogP contribution in [0.2, 0.25) is 0 Å². The molecule has 0 aliphatic rings. The summed E-state index contributed by atoms with van der Waals surface area (Å²) < 4.78 is 7.16. The first-order valence-corrected chi connectivity index (χ1v) is 5.95. The van der Waals surface area contributed by atoms with Crippen molar-refractivity contribution in [2.45, 2.75) is 20.0 Å². The Labute approximate surface area is 107 Å². The molecule has 0 bridgehead atoms. The van der Waals surface area contributed by atoms with Gasteiger partial charge in [0.1, 0.15) is 0 Å². The minimum Gasteiger partial charge on any atom is -0.383 e. The van der Waals surface area contributed by atoms with E-state index in [2.05, 4.69) is 19.9 Å². The summed E-state index contributed by atoms with van der Waals surface area (Å²) in [5.41, 5.74) is 2.19. The van der Waals surface area contributed by atoms with Gasteiger partial charge in [-0.3, -0.25) is 4.98 Å². The Morgan fingerprint density at radius 1 is 1.33 bits per heavy atom. The van der Waals surface area contributed by atoms with Crippen LogP contribution in [0.4, 0.5) is 5.95 Å². The van der Waals surface area contributed by atoms with Gasteiger partial charge in [-0.15, -0.1) is 0 Å². The highest BCUT2D eigenvalue weighted by Gasteiger charge is 2.04. The van der Waals surface area contributed by atoms with E-state index in [0.29, 0.717) is 6.61 Å². The Kier molecular flexibility index (Phi) is 4.30. The first-order chi connectivity index (χ1) is 8.79. The molecule has 0 saturated heterocycles. The van der Waals surface area contributed by atoms with Crippen molar-refractivity contribution in [1.29, 1.82) is 0 Å². The van der Waals surface area contributed by atoms with Crippen LogP contribution >= 0.6 is 0 Å². The van der Waals surface area contributed by atoms with E-state index >= 15 is 0 Å². The fourth-order valence-electron chi connectivity index (χ4n) is 1.73. The molecule has 0 aliphatic carbocycles. The first kappa shape index (κ1) is 12.6. The molecule has 0 unspecified atom stereocenters. The molecule has 2 aromatic rings.